The lowest BCUT2D eigenvalue weighted by Crippen LogP contribution is -2.41. The number of piperidine rings is 1. The van der Waals surface area contributed by atoms with Crippen molar-refractivity contribution in [3.05, 3.63) is 34.3 Å². The summed E-state index contributed by atoms with van der Waals surface area (Å²) >= 11 is 3.41. The predicted octanol–water partition coefficient (Wildman–Crippen LogP) is 3.41. The lowest BCUT2D eigenvalue weighted by atomic mass is 9.88. The first kappa shape index (κ1) is 12.8. The zero-order chi connectivity index (χ0) is 12.3. The summed E-state index contributed by atoms with van der Waals surface area (Å²) in [5.41, 5.74) is 0.805. The van der Waals surface area contributed by atoms with Gasteiger partial charge in [-0.15, -0.1) is 0 Å². The van der Waals surface area contributed by atoms with Crippen molar-refractivity contribution >= 4 is 21.7 Å². The molecule has 2 nitrogen and oxygen atoms in total. The van der Waals surface area contributed by atoms with Crippen molar-refractivity contribution in [2.24, 2.45) is 5.92 Å². The molecule has 92 valence electrons. The first-order valence-corrected chi connectivity index (χ1v) is 7.01. The second-order valence-electron chi connectivity index (χ2n) is 4.72. The maximum absolute atomic E-state index is 12.3. The molecular formula is C14H18BrNO. The van der Waals surface area contributed by atoms with Gasteiger partial charge < -0.3 is 5.32 Å². The summed E-state index contributed by atoms with van der Waals surface area (Å²) in [6.45, 7) is 3.08. The molecule has 1 aliphatic rings. The Morgan fingerprint density at radius 3 is 2.94 bits per heavy atom. The molecule has 2 rings (SSSR count). The summed E-state index contributed by atoms with van der Waals surface area (Å²) in [5.74, 6) is 0.301. The normalized spacial score (nSPS) is 22.1. The van der Waals surface area contributed by atoms with Gasteiger partial charge in [0, 0.05) is 22.0 Å². The first-order valence-electron chi connectivity index (χ1n) is 6.21. The largest absolute Gasteiger partial charge is 0.313 e. The van der Waals surface area contributed by atoms with Crippen molar-refractivity contribution in [2.75, 3.05) is 6.54 Å². The smallest absolute Gasteiger partial charge is 0.167 e. The van der Waals surface area contributed by atoms with Crippen molar-refractivity contribution in [3.63, 3.8) is 0 Å². The van der Waals surface area contributed by atoms with Crippen LogP contribution in [-0.4, -0.2) is 18.4 Å². The highest BCUT2D eigenvalue weighted by atomic mass is 79.9. The van der Waals surface area contributed by atoms with Crippen molar-refractivity contribution in [2.45, 2.75) is 32.2 Å². The molecule has 1 aromatic rings. The minimum Gasteiger partial charge on any atom is -0.313 e. The zero-order valence-electron chi connectivity index (χ0n) is 10.1. The van der Waals surface area contributed by atoms with E-state index in [4.69, 9.17) is 0 Å². The van der Waals surface area contributed by atoms with E-state index >= 15 is 0 Å². The van der Waals surface area contributed by atoms with Crippen LogP contribution in [0.4, 0.5) is 0 Å². The van der Waals surface area contributed by atoms with E-state index in [1.54, 1.807) is 0 Å². The fraction of sp³-hybridized carbons (Fsp3) is 0.500. The molecule has 0 bridgehead atoms. The minimum absolute atomic E-state index is 0.0598. The molecule has 2 atom stereocenters. The Bertz CT molecular complexity index is 399. The molecule has 1 aromatic carbocycles. The summed E-state index contributed by atoms with van der Waals surface area (Å²) < 4.78 is 0.965. The summed E-state index contributed by atoms with van der Waals surface area (Å²) in [6, 6.07) is 8.00. The predicted molar refractivity (Wildman–Crippen MR) is 73.3 cm³/mol. The molecule has 0 aromatic heterocycles. The van der Waals surface area contributed by atoms with Crippen LogP contribution in [0.2, 0.25) is 0 Å². The molecular weight excluding hydrogens is 278 g/mol. The van der Waals surface area contributed by atoms with E-state index in [0.29, 0.717) is 6.04 Å². The molecule has 0 spiro atoms. The van der Waals surface area contributed by atoms with Gasteiger partial charge in [-0.1, -0.05) is 41.4 Å². The van der Waals surface area contributed by atoms with Crippen molar-refractivity contribution in [3.8, 4) is 0 Å². The average molecular weight is 296 g/mol. The van der Waals surface area contributed by atoms with E-state index in [-0.39, 0.29) is 11.7 Å². The molecule has 0 aliphatic carbocycles. The van der Waals surface area contributed by atoms with Gasteiger partial charge in [0.25, 0.3) is 0 Å². The van der Waals surface area contributed by atoms with E-state index < -0.39 is 0 Å². The maximum atomic E-state index is 12.3. The fourth-order valence-electron chi connectivity index (χ4n) is 2.39. The van der Waals surface area contributed by atoms with E-state index in [1.807, 2.05) is 31.2 Å². The molecule has 1 saturated heterocycles. The SMILES string of the molecule is CC(C(=O)c1cccc(Br)c1)C1CCCCN1. The topological polar surface area (TPSA) is 29.1 Å². The number of Topliss-reactive ketones (excluding diaryl/α,β-unsaturated/α-hetero) is 1. The number of carbonyl (C=O) groups is 1. The molecule has 1 aliphatic heterocycles. The highest BCUT2D eigenvalue weighted by molar-refractivity contribution is 9.10. The third kappa shape index (κ3) is 3.17. The van der Waals surface area contributed by atoms with Gasteiger partial charge in [0.2, 0.25) is 0 Å². The standard InChI is InChI=1S/C14H18BrNO/c1-10(13-7-2-3-8-16-13)14(17)11-5-4-6-12(15)9-11/h4-6,9-10,13,16H,2-3,7-8H2,1H3. The second kappa shape index (κ2) is 5.78. The highest BCUT2D eigenvalue weighted by Crippen LogP contribution is 2.21. The highest BCUT2D eigenvalue weighted by Gasteiger charge is 2.25. The van der Waals surface area contributed by atoms with Gasteiger partial charge in [-0.25, -0.2) is 0 Å². The van der Waals surface area contributed by atoms with Crippen LogP contribution < -0.4 is 5.32 Å². The maximum Gasteiger partial charge on any atom is 0.167 e. The van der Waals surface area contributed by atoms with Crippen LogP contribution in [0.1, 0.15) is 36.5 Å². The number of benzene rings is 1. The lowest BCUT2D eigenvalue weighted by molar-refractivity contribution is 0.0892. The summed E-state index contributed by atoms with van der Waals surface area (Å²) in [4.78, 5) is 12.3. The van der Waals surface area contributed by atoms with E-state index in [0.717, 1.165) is 23.0 Å². The van der Waals surface area contributed by atoms with E-state index in [9.17, 15) is 4.79 Å². The van der Waals surface area contributed by atoms with Crippen LogP contribution in [0.3, 0.4) is 0 Å². The minimum atomic E-state index is 0.0598. The summed E-state index contributed by atoms with van der Waals surface area (Å²) in [5, 5.41) is 3.45. The molecule has 1 N–H and O–H groups in total. The summed E-state index contributed by atoms with van der Waals surface area (Å²) in [6.07, 6.45) is 3.57. The number of rotatable bonds is 3. The third-order valence-corrected chi connectivity index (χ3v) is 3.97. The molecule has 17 heavy (non-hydrogen) atoms. The number of halogens is 1. The molecule has 3 heteroatoms. The quantitative estimate of drug-likeness (QED) is 0.866. The number of hydrogen-bond acceptors (Lipinski definition) is 2. The van der Waals surface area contributed by atoms with Crippen LogP contribution in [0.15, 0.2) is 28.7 Å². The van der Waals surface area contributed by atoms with E-state index in [2.05, 4.69) is 21.2 Å². The van der Waals surface area contributed by atoms with Gasteiger partial charge >= 0.3 is 0 Å². The van der Waals surface area contributed by atoms with Gasteiger partial charge in [0.15, 0.2) is 5.78 Å². The lowest BCUT2D eigenvalue weighted by Gasteiger charge is -2.28. The van der Waals surface area contributed by atoms with E-state index in [1.165, 1.54) is 12.8 Å². The van der Waals surface area contributed by atoms with Gasteiger partial charge in [0.05, 0.1) is 0 Å². The van der Waals surface area contributed by atoms with Crippen LogP contribution in [0.25, 0.3) is 0 Å². The van der Waals surface area contributed by atoms with Gasteiger partial charge in [0.1, 0.15) is 0 Å². The zero-order valence-corrected chi connectivity index (χ0v) is 11.7. The molecule has 1 heterocycles. The van der Waals surface area contributed by atoms with Crippen LogP contribution in [0, 0.1) is 5.92 Å². The second-order valence-corrected chi connectivity index (χ2v) is 5.64. The van der Waals surface area contributed by atoms with Crippen LogP contribution in [0.5, 0.6) is 0 Å². The Morgan fingerprint density at radius 2 is 2.29 bits per heavy atom. The van der Waals surface area contributed by atoms with Crippen molar-refractivity contribution in [1.82, 2.24) is 5.32 Å². The number of carbonyl (C=O) groups excluding carboxylic acids is 1. The molecule has 1 fully saturated rings. The van der Waals surface area contributed by atoms with Crippen LogP contribution in [-0.2, 0) is 0 Å². The van der Waals surface area contributed by atoms with Crippen molar-refractivity contribution in [1.29, 1.82) is 0 Å². The molecule has 0 radical (unpaired) electrons. The Balaban J connectivity index is 2.08. The Hall–Kier alpha value is -0.670. The molecule has 0 saturated carbocycles. The van der Waals surface area contributed by atoms with Crippen LogP contribution >= 0.6 is 15.9 Å². The first-order chi connectivity index (χ1) is 8.18. The fourth-order valence-corrected chi connectivity index (χ4v) is 2.79. The third-order valence-electron chi connectivity index (χ3n) is 3.47. The Morgan fingerprint density at radius 1 is 1.47 bits per heavy atom. The summed E-state index contributed by atoms with van der Waals surface area (Å²) in [7, 11) is 0. The van der Waals surface area contributed by atoms with Gasteiger partial charge in [-0.3, -0.25) is 4.79 Å². The molecule has 0 amide bonds. The Labute approximate surface area is 111 Å². The van der Waals surface area contributed by atoms with Crippen molar-refractivity contribution < 1.29 is 4.79 Å². The van der Waals surface area contributed by atoms with Gasteiger partial charge in [-0.2, -0.15) is 0 Å². The average Bonchev–Trinajstić information content (AvgIpc) is 2.38. The monoisotopic (exact) mass is 295 g/mol. The number of nitrogens with one attached hydrogen (secondary N) is 1. The number of hydrogen-bond donors (Lipinski definition) is 1. The van der Waals surface area contributed by atoms with Gasteiger partial charge in [-0.05, 0) is 31.5 Å². The molecule has 2 unspecified atom stereocenters. The Kier molecular flexibility index (Phi) is 4.35. The number of ketones is 1.